The van der Waals surface area contributed by atoms with Crippen LogP contribution in [0.25, 0.3) is 0 Å². The SMILES string of the molecule is COc1cc(CNC(=O)CC(C)CC(=O)O)nn1C. The van der Waals surface area contributed by atoms with Crippen molar-refractivity contribution in [3.8, 4) is 5.88 Å². The van der Waals surface area contributed by atoms with Gasteiger partial charge in [-0.15, -0.1) is 0 Å². The zero-order chi connectivity index (χ0) is 14.4. The van der Waals surface area contributed by atoms with Crippen molar-refractivity contribution in [2.45, 2.75) is 26.3 Å². The van der Waals surface area contributed by atoms with E-state index in [2.05, 4.69) is 10.4 Å². The van der Waals surface area contributed by atoms with Gasteiger partial charge in [-0.05, 0) is 5.92 Å². The van der Waals surface area contributed by atoms with E-state index in [0.717, 1.165) is 0 Å². The van der Waals surface area contributed by atoms with E-state index in [-0.39, 0.29) is 24.7 Å². The second-order valence-corrected chi connectivity index (χ2v) is 4.49. The number of carboxylic acid groups (broad SMARTS) is 1. The predicted octanol–water partition coefficient (Wildman–Crippen LogP) is 0.546. The lowest BCUT2D eigenvalue weighted by Crippen LogP contribution is -2.25. The summed E-state index contributed by atoms with van der Waals surface area (Å²) in [6.45, 7) is 2.04. The number of carbonyl (C=O) groups is 2. The van der Waals surface area contributed by atoms with Crippen molar-refractivity contribution in [1.29, 1.82) is 0 Å². The Labute approximate surface area is 111 Å². The highest BCUT2D eigenvalue weighted by Gasteiger charge is 2.13. The van der Waals surface area contributed by atoms with Gasteiger partial charge >= 0.3 is 5.97 Å². The van der Waals surface area contributed by atoms with Gasteiger partial charge in [0.05, 0.1) is 19.3 Å². The third-order valence-electron chi connectivity index (χ3n) is 2.62. The largest absolute Gasteiger partial charge is 0.481 e. The van der Waals surface area contributed by atoms with Crippen LogP contribution in [0.4, 0.5) is 0 Å². The molecule has 2 N–H and O–H groups in total. The van der Waals surface area contributed by atoms with Crippen LogP contribution in [0, 0.1) is 5.92 Å². The fourth-order valence-electron chi connectivity index (χ4n) is 1.73. The number of hydrogen-bond donors (Lipinski definition) is 2. The summed E-state index contributed by atoms with van der Waals surface area (Å²) in [5, 5.41) is 15.5. The maximum absolute atomic E-state index is 11.6. The summed E-state index contributed by atoms with van der Waals surface area (Å²) < 4.78 is 6.64. The molecule has 1 aromatic heterocycles. The van der Waals surface area contributed by atoms with E-state index < -0.39 is 5.97 Å². The van der Waals surface area contributed by atoms with E-state index in [1.54, 1.807) is 31.8 Å². The molecule has 0 saturated carbocycles. The van der Waals surface area contributed by atoms with Crippen LogP contribution in [0.15, 0.2) is 6.07 Å². The molecule has 7 nitrogen and oxygen atoms in total. The highest BCUT2D eigenvalue weighted by molar-refractivity contribution is 5.77. The standard InChI is InChI=1S/C12H19N3O4/c1-8(5-12(17)18)4-10(16)13-7-9-6-11(19-3)15(2)14-9/h6,8H,4-5,7H2,1-3H3,(H,13,16)(H,17,18). The second-order valence-electron chi connectivity index (χ2n) is 4.49. The fraction of sp³-hybridized carbons (Fsp3) is 0.583. The normalized spacial score (nSPS) is 11.9. The van der Waals surface area contributed by atoms with Crippen LogP contribution in [0.1, 0.15) is 25.5 Å². The van der Waals surface area contributed by atoms with E-state index in [1.165, 1.54) is 0 Å². The van der Waals surface area contributed by atoms with Crippen molar-refractivity contribution in [3.05, 3.63) is 11.8 Å². The average molecular weight is 269 g/mol. The highest BCUT2D eigenvalue weighted by atomic mass is 16.5. The van der Waals surface area contributed by atoms with Gasteiger partial charge in [0.2, 0.25) is 11.8 Å². The number of amides is 1. The minimum absolute atomic E-state index is 0.00910. The van der Waals surface area contributed by atoms with Gasteiger partial charge < -0.3 is 15.2 Å². The second kappa shape index (κ2) is 6.77. The van der Waals surface area contributed by atoms with Gasteiger partial charge in [0.25, 0.3) is 0 Å². The van der Waals surface area contributed by atoms with Crippen LogP contribution in [-0.4, -0.2) is 33.9 Å². The van der Waals surface area contributed by atoms with Crippen molar-refractivity contribution in [1.82, 2.24) is 15.1 Å². The molecule has 1 amide bonds. The van der Waals surface area contributed by atoms with E-state index in [0.29, 0.717) is 18.1 Å². The number of nitrogens with zero attached hydrogens (tertiary/aromatic N) is 2. The van der Waals surface area contributed by atoms with Crippen LogP contribution in [0.3, 0.4) is 0 Å². The summed E-state index contributed by atoms with van der Waals surface area (Å²) in [7, 11) is 3.30. The summed E-state index contributed by atoms with van der Waals surface area (Å²) in [6, 6.07) is 1.74. The number of rotatable bonds is 7. The van der Waals surface area contributed by atoms with Gasteiger partial charge in [0.15, 0.2) is 0 Å². The molecule has 1 rings (SSSR count). The number of aliphatic carboxylic acids is 1. The molecule has 19 heavy (non-hydrogen) atoms. The van der Waals surface area contributed by atoms with Crippen molar-refractivity contribution in [2.24, 2.45) is 13.0 Å². The molecule has 0 fully saturated rings. The summed E-state index contributed by atoms with van der Waals surface area (Å²) >= 11 is 0. The summed E-state index contributed by atoms with van der Waals surface area (Å²) in [4.78, 5) is 22.1. The minimum atomic E-state index is -0.894. The summed E-state index contributed by atoms with van der Waals surface area (Å²) in [6.07, 6.45) is 0.182. The molecule has 1 heterocycles. The Morgan fingerprint density at radius 1 is 1.53 bits per heavy atom. The number of carboxylic acids is 1. The van der Waals surface area contributed by atoms with Crippen LogP contribution in [-0.2, 0) is 23.2 Å². The first-order valence-electron chi connectivity index (χ1n) is 5.97. The average Bonchev–Trinajstić information content (AvgIpc) is 2.66. The van der Waals surface area contributed by atoms with Gasteiger partial charge in [-0.3, -0.25) is 9.59 Å². The van der Waals surface area contributed by atoms with Crippen molar-refractivity contribution >= 4 is 11.9 Å². The lowest BCUT2D eigenvalue weighted by Gasteiger charge is -2.08. The van der Waals surface area contributed by atoms with Gasteiger partial charge in [-0.2, -0.15) is 5.10 Å². The molecule has 0 saturated heterocycles. The molecule has 7 heteroatoms. The number of nitrogens with one attached hydrogen (secondary N) is 1. The molecule has 1 atom stereocenters. The third-order valence-corrected chi connectivity index (χ3v) is 2.62. The molecule has 0 aliphatic heterocycles. The first-order valence-corrected chi connectivity index (χ1v) is 5.97. The van der Waals surface area contributed by atoms with Crippen molar-refractivity contribution in [3.63, 3.8) is 0 Å². The maximum atomic E-state index is 11.6. The Morgan fingerprint density at radius 2 is 2.21 bits per heavy atom. The van der Waals surface area contributed by atoms with Gasteiger partial charge in [-0.1, -0.05) is 6.92 Å². The first-order chi connectivity index (χ1) is 8.92. The van der Waals surface area contributed by atoms with E-state index in [4.69, 9.17) is 9.84 Å². The predicted molar refractivity (Wildman–Crippen MR) is 67.6 cm³/mol. The Bertz CT molecular complexity index is 456. The van der Waals surface area contributed by atoms with Gasteiger partial charge in [0, 0.05) is 26.0 Å². The molecule has 0 aliphatic carbocycles. The Kier molecular flexibility index (Phi) is 5.35. The Hall–Kier alpha value is -2.05. The van der Waals surface area contributed by atoms with Crippen molar-refractivity contribution < 1.29 is 19.4 Å². The van der Waals surface area contributed by atoms with E-state index in [1.807, 2.05) is 0 Å². The lowest BCUT2D eigenvalue weighted by atomic mass is 10.0. The molecule has 0 radical (unpaired) electrons. The molecular formula is C12H19N3O4. The number of methoxy groups -OCH3 is 1. The number of hydrogen-bond acceptors (Lipinski definition) is 4. The van der Waals surface area contributed by atoms with Crippen LogP contribution >= 0.6 is 0 Å². The Morgan fingerprint density at radius 3 is 2.74 bits per heavy atom. The summed E-state index contributed by atoms with van der Waals surface area (Å²) in [5.41, 5.74) is 0.693. The number of carbonyl (C=O) groups excluding carboxylic acids is 1. The lowest BCUT2D eigenvalue weighted by molar-refractivity contribution is -0.138. The molecule has 106 valence electrons. The minimum Gasteiger partial charge on any atom is -0.481 e. The molecule has 0 spiro atoms. The third kappa shape index (κ3) is 4.99. The van der Waals surface area contributed by atoms with Crippen LogP contribution in [0.2, 0.25) is 0 Å². The highest BCUT2D eigenvalue weighted by Crippen LogP contribution is 2.11. The van der Waals surface area contributed by atoms with Crippen LogP contribution in [0.5, 0.6) is 5.88 Å². The summed E-state index contributed by atoms with van der Waals surface area (Å²) in [5.74, 6) is -0.646. The van der Waals surface area contributed by atoms with E-state index >= 15 is 0 Å². The Balaban J connectivity index is 2.39. The maximum Gasteiger partial charge on any atom is 0.303 e. The van der Waals surface area contributed by atoms with Gasteiger partial charge in [0.1, 0.15) is 0 Å². The molecule has 1 unspecified atom stereocenters. The quantitative estimate of drug-likeness (QED) is 0.753. The smallest absolute Gasteiger partial charge is 0.303 e. The molecule has 0 aliphatic rings. The van der Waals surface area contributed by atoms with Crippen LogP contribution < -0.4 is 10.1 Å². The molecule has 0 aromatic carbocycles. The first kappa shape index (κ1) is 15.0. The zero-order valence-corrected chi connectivity index (χ0v) is 11.3. The monoisotopic (exact) mass is 269 g/mol. The molecular weight excluding hydrogens is 250 g/mol. The number of aromatic nitrogens is 2. The van der Waals surface area contributed by atoms with Crippen molar-refractivity contribution in [2.75, 3.05) is 7.11 Å². The molecule has 0 bridgehead atoms. The number of aryl methyl sites for hydroxylation is 1. The van der Waals surface area contributed by atoms with E-state index in [9.17, 15) is 9.59 Å². The zero-order valence-electron chi connectivity index (χ0n) is 11.3. The fourth-order valence-corrected chi connectivity index (χ4v) is 1.73. The topological polar surface area (TPSA) is 93.4 Å². The van der Waals surface area contributed by atoms with Gasteiger partial charge in [-0.25, -0.2) is 4.68 Å². The number of ether oxygens (including phenoxy) is 1. The molecule has 1 aromatic rings.